The molecule has 0 aliphatic rings. The highest BCUT2D eigenvalue weighted by atomic mass is 35.5. The van der Waals surface area contributed by atoms with Crippen molar-refractivity contribution in [1.82, 2.24) is 0 Å². The van der Waals surface area contributed by atoms with Gasteiger partial charge in [-0.2, -0.15) is 0 Å². The third-order valence-corrected chi connectivity index (χ3v) is 2.76. The van der Waals surface area contributed by atoms with E-state index in [9.17, 15) is 0 Å². The van der Waals surface area contributed by atoms with Crippen LogP contribution in [0.4, 0.5) is 5.69 Å². The minimum atomic E-state index is 0.439. The van der Waals surface area contributed by atoms with Gasteiger partial charge in [0.2, 0.25) is 0 Å². The van der Waals surface area contributed by atoms with Gasteiger partial charge in [-0.05, 0) is 29.8 Å². The maximum Gasteiger partial charge on any atom is 0.144 e. The predicted octanol–water partition coefficient (Wildman–Crippen LogP) is 3.51. The number of halogens is 1. The molecule has 2 aromatic rings. The summed E-state index contributed by atoms with van der Waals surface area (Å²) in [7, 11) is 1.64. The summed E-state index contributed by atoms with van der Waals surface area (Å²) in [5, 5.41) is 0.605. The Hall–Kier alpha value is -1.87. The summed E-state index contributed by atoms with van der Waals surface area (Å²) in [5.41, 5.74) is 7.41. The summed E-state index contributed by atoms with van der Waals surface area (Å²) in [6.45, 7) is 0.439. The van der Waals surface area contributed by atoms with Crippen LogP contribution in [0.15, 0.2) is 42.5 Å². The largest absolute Gasteiger partial charge is 0.497 e. The van der Waals surface area contributed by atoms with Gasteiger partial charge in [0.1, 0.15) is 18.1 Å². The molecule has 0 bridgehead atoms. The molecule has 0 spiro atoms. The second kappa shape index (κ2) is 5.65. The van der Waals surface area contributed by atoms with Gasteiger partial charge in [-0.25, -0.2) is 0 Å². The van der Waals surface area contributed by atoms with Crippen LogP contribution in [-0.4, -0.2) is 7.11 Å². The molecule has 2 aromatic carbocycles. The van der Waals surface area contributed by atoms with Crippen molar-refractivity contribution in [3.8, 4) is 11.5 Å². The van der Waals surface area contributed by atoms with E-state index in [0.717, 1.165) is 11.3 Å². The van der Waals surface area contributed by atoms with Crippen LogP contribution < -0.4 is 15.2 Å². The van der Waals surface area contributed by atoms with Crippen molar-refractivity contribution in [2.45, 2.75) is 6.61 Å². The second-order valence-electron chi connectivity index (χ2n) is 3.82. The van der Waals surface area contributed by atoms with Crippen molar-refractivity contribution in [2.24, 2.45) is 0 Å². The lowest BCUT2D eigenvalue weighted by Gasteiger charge is -2.09. The zero-order valence-corrected chi connectivity index (χ0v) is 10.8. The fourth-order valence-corrected chi connectivity index (χ4v) is 1.68. The molecule has 4 heteroatoms. The number of rotatable bonds is 4. The zero-order valence-electron chi connectivity index (χ0n) is 10.0. The van der Waals surface area contributed by atoms with Crippen molar-refractivity contribution >= 4 is 17.3 Å². The van der Waals surface area contributed by atoms with E-state index >= 15 is 0 Å². The number of ether oxygens (including phenoxy) is 2. The number of nitrogen functional groups attached to an aromatic ring is 1. The van der Waals surface area contributed by atoms with Gasteiger partial charge in [0.25, 0.3) is 0 Å². The lowest BCUT2D eigenvalue weighted by molar-refractivity contribution is 0.307. The average molecular weight is 264 g/mol. The summed E-state index contributed by atoms with van der Waals surface area (Å²) >= 11 is 5.89. The van der Waals surface area contributed by atoms with Crippen LogP contribution in [0.5, 0.6) is 11.5 Å². The van der Waals surface area contributed by atoms with E-state index in [1.807, 2.05) is 24.3 Å². The van der Waals surface area contributed by atoms with Crippen molar-refractivity contribution < 1.29 is 9.47 Å². The molecule has 0 aliphatic heterocycles. The molecule has 0 unspecified atom stereocenters. The van der Waals surface area contributed by atoms with E-state index in [0.29, 0.717) is 23.1 Å². The highest BCUT2D eigenvalue weighted by Crippen LogP contribution is 2.26. The predicted molar refractivity (Wildman–Crippen MR) is 73.2 cm³/mol. The molecule has 2 N–H and O–H groups in total. The second-order valence-corrected chi connectivity index (χ2v) is 4.26. The first-order valence-electron chi connectivity index (χ1n) is 5.50. The van der Waals surface area contributed by atoms with Gasteiger partial charge < -0.3 is 15.2 Å². The summed E-state index contributed by atoms with van der Waals surface area (Å²) in [6, 6.07) is 12.8. The Morgan fingerprint density at radius 1 is 1.11 bits per heavy atom. The van der Waals surface area contributed by atoms with Gasteiger partial charge in [0.05, 0.1) is 12.8 Å². The quantitative estimate of drug-likeness (QED) is 0.859. The minimum Gasteiger partial charge on any atom is -0.497 e. The Morgan fingerprint density at radius 3 is 2.50 bits per heavy atom. The summed E-state index contributed by atoms with van der Waals surface area (Å²) in [6.07, 6.45) is 0. The Labute approximate surface area is 111 Å². The van der Waals surface area contributed by atoms with E-state index in [1.54, 1.807) is 25.3 Å². The monoisotopic (exact) mass is 263 g/mol. The van der Waals surface area contributed by atoms with Crippen molar-refractivity contribution in [1.29, 1.82) is 0 Å². The van der Waals surface area contributed by atoms with E-state index < -0.39 is 0 Å². The molecule has 94 valence electrons. The average Bonchev–Trinajstić information content (AvgIpc) is 2.40. The van der Waals surface area contributed by atoms with Crippen molar-refractivity contribution in [3.63, 3.8) is 0 Å². The fourth-order valence-electron chi connectivity index (χ4n) is 1.52. The highest BCUT2D eigenvalue weighted by Gasteiger charge is 2.02. The van der Waals surface area contributed by atoms with Gasteiger partial charge in [0, 0.05) is 11.1 Å². The van der Waals surface area contributed by atoms with Crippen LogP contribution in [0.2, 0.25) is 5.02 Å². The van der Waals surface area contributed by atoms with E-state index in [4.69, 9.17) is 26.8 Å². The third-order valence-electron chi connectivity index (χ3n) is 2.53. The number of nitrogens with two attached hydrogens (primary N) is 1. The van der Waals surface area contributed by atoms with Crippen LogP contribution in [0, 0.1) is 0 Å². The topological polar surface area (TPSA) is 44.5 Å². The lowest BCUT2D eigenvalue weighted by Crippen LogP contribution is -1.98. The summed E-state index contributed by atoms with van der Waals surface area (Å²) in [4.78, 5) is 0. The minimum absolute atomic E-state index is 0.439. The summed E-state index contributed by atoms with van der Waals surface area (Å²) in [5.74, 6) is 1.42. The molecule has 0 saturated heterocycles. The number of methoxy groups -OCH3 is 1. The first-order chi connectivity index (χ1) is 8.69. The number of hydrogen-bond donors (Lipinski definition) is 1. The first-order valence-corrected chi connectivity index (χ1v) is 5.87. The molecule has 0 aromatic heterocycles. The number of hydrogen-bond acceptors (Lipinski definition) is 3. The number of anilines is 1. The van der Waals surface area contributed by atoms with Crippen LogP contribution in [0.3, 0.4) is 0 Å². The first kappa shape index (κ1) is 12.6. The van der Waals surface area contributed by atoms with Gasteiger partial charge in [0.15, 0.2) is 0 Å². The molecule has 0 saturated carbocycles. The lowest BCUT2D eigenvalue weighted by atomic mass is 10.2. The smallest absolute Gasteiger partial charge is 0.144 e. The van der Waals surface area contributed by atoms with Crippen LogP contribution in [0.25, 0.3) is 0 Å². The van der Waals surface area contributed by atoms with Crippen LogP contribution in [-0.2, 0) is 6.61 Å². The molecular weight excluding hydrogens is 250 g/mol. The number of benzene rings is 2. The summed E-state index contributed by atoms with van der Waals surface area (Å²) < 4.78 is 10.7. The zero-order chi connectivity index (χ0) is 13.0. The molecule has 0 aliphatic carbocycles. The maximum absolute atomic E-state index is 5.89. The van der Waals surface area contributed by atoms with E-state index in [-0.39, 0.29) is 0 Å². The Bertz CT molecular complexity index is 526. The van der Waals surface area contributed by atoms with E-state index in [2.05, 4.69) is 0 Å². The van der Waals surface area contributed by atoms with Crippen molar-refractivity contribution in [2.75, 3.05) is 12.8 Å². The molecule has 0 heterocycles. The Balaban J connectivity index is 2.04. The molecule has 18 heavy (non-hydrogen) atoms. The molecular formula is C14H14ClNO2. The molecule has 2 rings (SSSR count). The highest BCUT2D eigenvalue weighted by molar-refractivity contribution is 6.30. The molecule has 0 amide bonds. The van der Waals surface area contributed by atoms with Gasteiger partial charge >= 0.3 is 0 Å². The molecule has 3 nitrogen and oxygen atoms in total. The maximum atomic E-state index is 5.89. The van der Waals surface area contributed by atoms with Gasteiger partial charge in [-0.15, -0.1) is 0 Å². The van der Waals surface area contributed by atoms with E-state index in [1.165, 1.54) is 0 Å². The molecule has 0 radical (unpaired) electrons. The molecule has 0 fully saturated rings. The Kier molecular flexibility index (Phi) is 3.95. The van der Waals surface area contributed by atoms with Crippen molar-refractivity contribution in [3.05, 3.63) is 53.1 Å². The third kappa shape index (κ3) is 3.08. The Morgan fingerprint density at radius 2 is 1.83 bits per heavy atom. The fraction of sp³-hybridized carbons (Fsp3) is 0.143. The van der Waals surface area contributed by atoms with Crippen LogP contribution in [0.1, 0.15) is 5.56 Å². The van der Waals surface area contributed by atoms with Gasteiger partial charge in [-0.3, -0.25) is 0 Å². The normalized spacial score (nSPS) is 10.1. The van der Waals surface area contributed by atoms with Crippen LogP contribution >= 0.6 is 11.6 Å². The van der Waals surface area contributed by atoms with Gasteiger partial charge in [-0.1, -0.05) is 23.7 Å². The SMILES string of the molecule is COc1ccc(COc2cc(Cl)ccc2N)cc1. The molecule has 0 atom stereocenters. The standard InChI is InChI=1S/C14H14ClNO2/c1-17-12-5-2-10(3-6-12)9-18-14-8-11(15)4-7-13(14)16/h2-8H,9,16H2,1H3.